The molecule has 0 fully saturated rings. The Morgan fingerprint density at radius 3 is 2.54 bits per heavy atom. The molecule has 0 saturated carbocycles. The summed E-state index contributed by atoms with van der Waals surface area (Å²) in [6.45, 7) is 4.36. The molecular formula is C26H25NS. The van der Waals surface area contributed by atoms with Gasteiger partial charge in [-0.3, -0.25) is 4.99 Å². The van der Waals surface area contributed by atoms with Crippen molar-refractivity contribution in [1.82, 2.24) is 0 Å². The van der Waals surface area contributed by atoms with Crippen LogP contribution < -0.4 is 0 Å². The molecule has 3 aromatic carbocycles. The van der Waals surface area contributed by atoms with Gasteiger partial charge < -0.3 is 0 Å². The molecule has 1 aliphatic heterocycles. The number of aliphatic imine (C=N–C) groups is 1. The van der Waals surface area contributed by atoms with E-state index in [9.17, 15) is 0 Å². The highest BCUT2D eigenvalue weighted by Gasteiger charge is 2.34. The van der Waals surface area contributed by atoms with E-state index < -0.39 is 0 Å². The van der Waals surface area contributed by atoms with Crippen LogP contribution in [0.25, 0.3) is 0 Å². The summed E-state index contributed by atoms with van der Waals surface area (Å²) in [6.07, 6.45) is 3.56. The summed E-state index contributed by atoms with van der Waals surface area (Å²) in [5.41, 5.74) is 9.30. The standard InChI is InChI=1S/C26H25NS/c1-17-10-14-20(15-11-17)26-21-7-5-6-19-13-12-18(2)16-22(19)25(21)27-23-8-3-4-9-24(23)28-26/h3-4,8-16,21,26H,5-7H2,1-2H3. The Bertz CT molecular complexity index is 1050. The van der Waals surface area contributed by atoms with Crippen LogP contribution in [0.2, 0.25) is 0 Å². The molecule has 0 amide bonds. The Hall–Kier alpha value is -2.32. The average Bonchev–Trinajstić information content (AvgIpc) is 2.97. The Morgan fingerprint density at radius 1 is 0.893 bits per heavy atom. The zero-order valence-corrected chi connectivity index (χ0v) is 17.3. The van der Waals surface area contributed by atoms with Gasteiger partial charge in [0.25, 0.3) is 0 Å². The maximum Gasteiger partial charge on any atom is 0.0769 e. The highest BCUT2D eigenvalue weighted by molar-refractivity contribution is 7.99. The van der Waals surface area contributed by atoms with E-state index >= 15 is 0 Å². The van der Waals surface area contributed by atoms with Crippen LogP contribution in [0.15, 0.2) is 76.6 Å². The number of fused-ring (bicyclic) bond motifs is 4. The Balaban J connectivity index is 1.72. The SMILES string of the molecule is Cc1ccc(C2Sc3ccccc3N=C3c4cc(C)ccc4CCCC32)cc1. The molecule has 3 aromatic rings. The van der Waals surface area contributed by atoms with Crippen molar-refractivity contribution in [3.8, 4) is 0 Å². The molecule has 5 rings (SSSR count). The summed E-state index contributed by atoms with van der Waals surface area (Å²) >= 11 is 2.00. The van der Waals surface area contributed by atoms with Crippen molar-refractivity contribution in [3.05, 3.63) is 94.5 Å². The van der Waals surface area contributed by atoms with Gasteiger partial charge in [-0.15, -0.1) is 11.8 Å². The number of para-hydroxylation sites is 1. The largest absolute Gasteiger partial charge is 0.251 e. The van der Waals surface area contributed by atoms with Gasteiger partial charge in [-0.05, 0) is 68.0 Å². The molecule has 2 unspecified atom stereocenters. The third-order valence-corrected chi connectivity index (χ3v) is 7.44. The van der Waals surface area contributed by atoms with Gasteiger partial charge in [0.1, 0.15) is 0 Å². The smallest absolute Gasteiger partial charge is 0.0769 e. The van der Waals surface area contributed by atoms with Gasteiger partial charge in [-0.25, -0.2) is 0 Å². The average molecular weight is 384 g/mol. The van der Waals surface area contributed by atoms with Crippen molar-refractivity contribution >= 4 is 23.2 Å². The highest BCUT2D eigenvalue weighted by Crippen LogP contribution is 2.50. The van der Waals surface area contributed by atoms with Crippen molar-refractivity contribution in [2.75, 3.05) is 0 Å². The van der Waals surface area contributed by atoms with Crippen LogP contribution in [-0.2, 0) is 6.42 Å². The molecule has 2 heteroatoms. The van der Waals surface area contributed by atoms with Gasteiger partial charge in [0.2, 0.25) is 0 Å². The number of rotatable bonds is 1. The maximum atomic E-state index is 5.29. The number of hydrogen-bond acceptors (Lipinski definition) is 2. The molecule has 0 spiro atoms. The molecule has 0 aromatic heterocycles. The molecule has 140 valence electrons. The molecule has 0 bridgehead atoms. The minimum absolute atomic E-state index is 0.398. The Labute approximate surface area is 171 Å². The van der Waals surface area contributed by atoms with Crippen molar-refractivity contribution < 1.29 is 0 Å². The van der Waals surface area contributed by atoms with E-state index in [0.717, 1.165) is 12.1 Å². The summed E-state index contributed by atoms with van der Waals surface area (Å²) in [4.78, 5) is 6.59. The van der Waals surface area contributed by atoms with E-state index in [2.05, 4.69) is 80.6 Å². The Morgan fingerprint density at radius 2 is 1.68 bits per heavy atom. The minimum atomic E-state index is 0.398. The first kappa shape index (κ1) is 17.8. The van der Waals surface area contributed by atoms with Gasteiger partial charge in [-0.1, -0.05) is 59.7 Å². The fourth-order valence-electron chi connectivity index (χ4n) is 4.49. The highest BCUT2D eigenvalue weighted by atomic mass is 32.2. The minimum Gasteiger partial charge on any atom is -0.251 e. The van der Waals surface area contributed by atoms with Gasteiger partial charge in [0.15, 0.2) is 0 Å². The van der Waals surface area contributed by atoms with E-state index in [0.29, 0.717) is 11.2 Å². The first-order valence-corrected chi connectivity index (χ1v) is 11.1. The van der Waals surface area contributed by atoms with Crippen molar-refractivity contribution in [2.45, 2.75) is 43.3 Å². The maximum absolute atomic E-state index is 5.29. The van der Waals surface area contributed by atoms with E-state index in [4.69, 9.17) is 4.99 Å². The predicted molar refractivity (Wildman–Crippen MR) is 120 cm³/mol. The van der Waals surface area contributed by atoms with Crippen LogP contribution in [0.4, 0.5) is 5.69 Å². The fraction of sp³-hybridized carbons (Fsp3) is 0.269. The third-order valence-electron chi connectivity index (χ3n) is 5.99. The molecule has 28 heavy (non-hydrogen) atoms. The molecule has 1 aliphatic carbocycles. The van der Waals surface area contributed by atoms with Crippen LogP contribution in [-0.4, -0.2) is 5.71 Å². The summed E-state index contributed by atoms with van der Waals surface area (Å²) in [5, 5.41) is 0.398. The molecular weight excluding hydrogens is 358 g/mol. The summed E-state index contributed by atoms with van der Waals surface area (Å²) < 4.78 is 0. The van der Waals surface area contributed by atoms with E-state index in [1.807, 2.05) is 11.8 Å². The molecule has 1 nitrogen and oxygen atoms in total. The topological polar surface area (TPSA) is 12.4 Å². The van der Waals surface area contributed by atoms with E-state index in [1.54, 1.807) is 0 Å². The number of thioether (sulfide) groups is 1. The molecule has 2 aliphatic rings. The quantitative estimate of drug-likeness (QED) is 0.432. The monoisotopic (exact) mass is 383 g/mol. The lowest BCUT2D eigenvalue weighted by Crippen LogP contribution is -2.20. The lowest BCUT2D eigenvalue weighted by Gasteiger charge is -2.26. The lowest BCUT2D eigenvalue weighted by atomic mass is 9.87. The second-order valence-corrected chi connectivity index (χ2v) is 9.26. The summed E-state index contributed by atoms with van der Waals surface area (Å²) in [6, 6.07) is 24.7. The number of hydrogen-bond donors (Lipinski definition) is 0. The Kier molecular flexibility index (Phi) is 4.60. The first-order chi connectivity index (χ1) is 13.7. The van der Waals surface area contributed by atoms with Gasteiger partial charge in [0.05, 0.1) is 11.4 Å². The zero-order chi connectivity index (χ0) is 19.1. The van der Waals surface area contributed by atoms with Gasteiger partial charge >= 0.3 is 0 Å². The van der Waals surface area contributed by atoms with Crippen LogP contribution in [0, 0.1) is 19.8 Å². The van der Waals surface area contributed by atoms with E-state index in [1.165, 1.54) is 51.3 Å². The second kappa shape index (κ2) is 7.25. The van der Waals surface area contributed by atoms with Crippen LogP contribution in [0.1, 0.15) is 45.9 Å². The van der Waals surface area contributed by atoms with Crippen LogP contribution in [0.3, 0.4) is 0 Å². The molecule has 1 heterocycles. The fourth-order valence-corrected chi connectivity index (χ4v) is 5.88. The summed E-state index contributed by atoms with van der Waals surface area (Å²) in [5.74, 6) is 0.433. The van der Waals surface area contributed by atoms with Crippen LogP contribution >= 0.6 is 11.8 Å². The number of nitrogens with zero attached hydrogens (tertiary/aromatic N) is 1. The number of aryl methyl sites for hydroxylation is 3. The zero-order valence-electron chi connectivity index (χ0n) is 16.5. The third kappa shape index (κ3) is 3.20. The second-order valence-electron chi connectivity index (χ2n) is 8.07. The molecule has 0 radical (unpaired) electrons. The van der Waals surface area contributed by atoms with E-state index in [-0.39, 0.29) is 0 Å². The van der Waals surface area contributed by atoms with Crippen molar-refractivity contribution in [1.29, 1.82) is 0 Å². The first-order valence-electron chi connectivity index (χ1n) is 10.2. The normalized spacial score (nSPS) is 20.9. The van der Waals surface area contributed by atoms with Crippen LogP contribution in [0.5, 0.6) is 0 Å². The predicted octanol–water partition coefficient (Wildman–Crippen LogP) is 7.22. The number of benzene rings is 3. The molecule has 0 N–H and O–H groups in total. The van der Waals surface area contributed by atoms with Crippen molar-refractivity contribution in [3.63, 3.8) is 0 Å². The van der Waals surface area contributed by atoms with Gasteiger partial charge in [-0.2, -0.15) is 0 Å². The molecule has 0 saturated heterocycles. The lowest BCUT2D eigenvalue weighted by molar-refractivity contribution is 0.589. The molecule has 2 atom stereocenters. The summed E-state index contributed by atoms with van der Waals surface area (Å²) in [7, 11) is 0. The van der Waals surface area contributed by atoms with Crippen molar-refractivity contribution in [2.24, 2.45) is 10.9 Å². The van der Waals surface area contributed by atoms with Gasteiger partial charge in [0, 0.05) is 16.1 Å².